The lowest BCUT2D eigenvalue weighted by Crippen LogP contribution is -2.22. The van der Waals surface area contributed by atoms with Crippen LogP contribution in [0.3, 0.4) is 0 Å². The van der Waals surface area contributed by atoms with E-state index in [2.05, 4.69) is 25.2 Å². The molecule has 0 fully saturated rings. The molecule has 0 amide bonds. The van der Waals surface area contributed by atoms with Gasteiger partial charge in [0.2, 0.25) is 0 Å². The molecular formula is C17H17FN6. The van der Waals surface area contributed by atoms with Crippen LogP contribution in [0.2, 0.25) is 0 Å². The highest BCUT2D eigenvalue weighted by Crippen LogP contribution is 2.30. The molecule has 0 saturated heterocycles. The van der Waals surface area contributed by atoms with Gasteiger partial charge in [-0.1, -0.05) is 6.07 Å². The number of halogens is 1. The van der Waals surface area contributed by atoms with Crippen molar-refractivity contribution in [1.29, 1.82) is 0 Å². The molecule has 0 aliphatic carbocycles. The molecule has 122 valence electrons. The number of rotatable bonds is 4. The summed E-state index contributed by atoms with van der Waals surface area (Å²) >= 11 is 0. The van der Waals surface area contributed by atoms with Gasteiger partial charge in [0.15, 0.2) is 17.3 Å². The molecule has 0 radical (unpaired) electrons. The number of pyridine rings is 2. The summed E-state index contributed by atoms with van der Waals surface area (Å²) in [5.41, 5.74) is 2.32. The van der Waals surface area contributed by atoms with Gasteiger partial charge >= 0.3 is 0 Å². The molecule has 1 N–H and O–H groups in total. The first kappa shape index (κ1) is 14.6. The molecule has 0 saturated carbocycles. The van der Waals surface area contributed by atoms with Crippen LogP contribution in [0.1, 0.15) is 13.8 Å². The van der Waals surface area contributed by atoms with E-state index in [-0.39, 0.29) is 11.5 Å². The number of aromatic amines is 1. The van der Waals surface area contributed by atoms with Crippen LogP contribution in [0.25, 0.3) is 27.8 Å². The predicted octanol–water partition coefficient (Wildman–Crippen LogP) is 3.26. The van der Waals surface area contributed by atoms with E-state index in [1.54, 1.807) is 10.7 Å². The molecule has 4 heterocycles. The van der Waals surface area contributed by atoms with E-state index < -0.39 is 0 Å². The van der Waals surface area contributed by atoms with Gasteiger partial charge in [-0.25, -0.2) is 13.9 Å². The van der Waals surface area contributed by atoms with E-state index in [9.17, 15) is 4.39 Å². The maximum atomic E-state index is 14.8. The van der Waals surface area contributed by atoms with Gasteiger partial charge in [0, 0.05) is 24.8 Å². The van der Waals surface area contributed by atoms with Gasteiger partial charge in [-0.05, 0) is 32.0 Å². The van der Waals surface area contributed by atoms with Crippen molar-refractivity contribution in [3.8, 4) is 11.3 Å². The SMILES string of the molecule is CCN(CC)c1n[nH]c2nc(-c3cnn4ccccc34)c(F)cc12. The molecule has 0 spiro atoms. The van der Waals surface area contributed by atoms with Crippen molar-refractivity contribution < 1.29 is 4.39 Å². The maximum absolute atomic E-state index is 14.8. The number of fused-ring (bicyclic) bond motifs is 2. The van der Waals surface area contributed by atoms with Crippen molar-refractivity contribution in [2.45, 2.75) is 13.8 Å². The van der Waals surface area contributed by atoms with Crippen LogP contribution in [0, 0.1) is 5.82 Å². The smallest absolute Gasteiger partial charge is 0.160 e. The Morgan fingerprint density at radius 1 is 1.25 bits per heavy atom. The van der Waals surface area contributed by atoms with Crippen molar-refractivity contribution >= 4 is 22.4 Å². The lowest BCUT2D eigenvalue weighted by atomic mass is 10.1. The summed E-state index contributed by atoms with van der Waals surface area (Å²) in [6, 6.07) is 7.16. The molecular weight excluding hydrogens is 307 g/mol. The summed E-state index contributed by atoms with van der Waals surface area (Å²) in [6.07, 6.45) is 3.46. The predicted molar refractivity (Wildman–Crippen MR) is 91.6 cm³/mol. The normalized spacial score (nSPS) is 11.5. The molecule has 0 aliphatic rings. The van der Waals surface area contributed by atoms with Crippen molar-refractivity contribution in [3.63, 3.8) is 0 Å². The average molecular weight is 324 g/mol. The summed E-state index contributed by atoms with van der Waals surface area (Å²) in [4.78, 5) is 6.53. The van der Waals surface area contributed by atoms with E-state index in [1.807, 2.05) is 38.2 Å². The number of nitrogens with one attached hydrogen (secondary N) is 1. The summed E-state index contributed by atoms with van der Waals surface area (Å²) < 4.78 is 16.5. The van der Waals surface area contributed by atoms with E-state index in [0.29, 0.717) is 16.6 Å². The van der Waals surface area contributed by atoms with Gasteiger partial charge in [0.25, 0.3) is 0 Å². The van der Waals surface area contributed by atoms with E-state index in [0.717, 1.165) is 24.4 Å². The molecule has 0 bridgehead atoms. The Labute approximate surface area is 137 Å². The highest BCUT2D eigenvalue weighted by Gasteiger charge is 2.18. The lowest BCUT2D eigenvalue weighted by Gasteiger charge is -2.17. The number of hydrogen-bond donors (Lipinski definition) is 1. The third-order valence-corrected chi connectivity index (χ3v) is 4.23. The second-order valence-corrected chi connectivity index (χ2v) is 5.52. The van der Waals surface area contributed by atoms with Crippen molar-refractivity contribution in [3.05, 3.63) is 42.5 Å². The third-order valence-electron chi connectivity index (χ3n) is 4.23. The van der Waals surface area contributed by atoms with Crippen LogP contribution in [-0.2, 0) is 0 Å². The lowest BCUT2D eigenvalue weighted by molar-refractivity contribution is 0.628. The molecule has 0 aliphatic heterocycles. The Balaban J connectivity index is 1.90. The molecule has 7 heteroatoms. The number of H-pyrrole nitrogens is 1. The number of aromatic nitrogens is 5. The molecule has 0 atom stereocenters. The zero-order chi connectivity index (χ0) is 16.7. The van der Waals surface area contributed by atoms with Gasteiger partial charge in [-0.15, -0.1) is 0 Å². The number of nitrogens with zero attached hydrogens (tertiary/aromatic N) is 5. The number of anilines is 1. The van der Waals surface area contributed by atoms with E-state index in [4.69, 9.17) is 0 Å². The summed E-state index contributed by atoms with van der Waals surface area (Å²) in [5, 5.41) is 12.2. The fraction of sp³-hybridized carbons (Fsp3) is 0.235. The van der Waals surface area contributed by atoms with Crippen molar-refractivity contribution in [1.82, 2.24) is 24.8 Å². The molecule has 4 aromatic heterocycles. The van der Waals surface area contributed by atoms with Crippen LogP contribution in [0.4, 0.5) is 10.2 Å². The third kappa shape index (κ3) is 2.12. The maximum Gasteiger partial charge on any atom is 0.160 e. The van der Waals surface area contributed by atoms with Crippen LogP contribution in [0.15, 0.2) is 36.7 Å². The van der Waals surface area contributed by atoms with Crippen molar-refractivity contribution in [2.75, 3.05) is 18.0 Å². The minimum atomic E-state index is -0.379. The van der Waals surface area contributed by atoms with Gasteiger partial charge in [-0.2, -0.15) is 10.2 Å². The van der Waals surface area contributed by atoms with Gasteiger partial charge < -0.3 is 4.90 Å². The quantitative estimate of drug-likeness (QED) is 0.626. The minimum Gasteiger partial charge on any atom is -0.355 e. The Bertz CT molecular complexity index is 1010. The highest BCUT2D eigenvalue weighted by atomic mass is 19.1. The van der Waals surface area contributed by atoms with Crippen LogP contribution < -0.4 is 4.90 Å². The van der Waals surface area contributed by atoms with E-state index >= 15 is 0 Å². The number of hydrogen-bond acceptors (Lipinski definition) is 4. The first-order valence-electron chi connectivity index (χ1n) is 7.95. The summed E-state index contributed by atoms with van der Waals surface area (Å²) in [5.74, 6) is 0.351. The van der Waals surface area contributed by atoms with Crippen LogP contribution in [0.5, 0.6) is 0 Å². The Hall–Kier alpha value is -2.96. The molecule has 0 unspecified atom stereocenters. The summed E-state index contributed by atoms with van der Waals surface area (Å²) in [7, 11) is 0. The van der Waals surface area contributed by atoms with Gasteiger partial charge in [0.1, 0.15) is 5.69 Å². The standard InChI is InChI=1S/C17H17FN6/c1-3-23(4-2)17-11-9-13(18)15(20-16(11)21-22-17)12-10-19-24-8-6-5-7-14(12)24/h5-10H,3-4H2,1-2H3,(H,20,21,22). The van der Waals surface area contributed by atoms with Gasteiger partial charge in [-0.3, -0.25) is 5.10 Å². The molecule has 0 aromatic carbocycles. The minimum absolute atomic E-state index is 0.276. The van der Waals surface area contributed by atoms with Crippen LogP contribution >= 0.6 is 0 Å². The molecule has 6 nitrogen and oxygen atoms in total. The van der Waals surface area contributed by atoms with Gasteiger partial charge in [0.05, 0.1) is 17.1 Å². The second-order valence-electron chi connectivity index (χ2n) is 5.52. The molecule has 4 rings (SSSR count). The Morgan fingerprint density at radius 3 is 2.88 bits per heavy atom. The Kier molecular flexibility index (Phi) is 3.41. The Morgan fingerprint density at radius 2 is 2.08 bits per heavy atom. The summed E-state index contributed by atoms with van der Waals surface area (Å²) in [6.45, 7) is 5.68. The van der Waals surface area contributed by atoms with E-state index in [1.165, 1.54) is 6.07 Å². The zero-order valence-electron chi connectivity index (χ0n) is 13.5. The first-order chi connectivity index (χ1) is 11.7. The fourth-order valence-electron chi connectivity index (χ4n) is 2.98. The largest absolute Gasteiger partial charge is 0.355 e. The fourth-order valence-corrected chi connectivity index (χ4v) is 2.98. The zero-order valence-corrected chi connectivity index (χ0v) is 13.5. The highest BCUT2D eigenvalue weighted by molar-refractivity contribution is 5.90. The van der Waals surface area contributed by atoms with Crippen LogP contribution in [-0.4, -0.2) is 37.9 Å². The molecule has 24 heavy (non-hydrogen) atoms. The monoisotopic (exact) mass is 324 g/mol. The average Bonchev–Trinajstić information content (AvgIpc) is 3.20. The topological polar surface area (TPSA) is 62.1 Å². The first-order valence-corrected chi connectivity index (χ1v) is 7.95. The second kappa shape index (κ2) is 5.59. The molecule has 4 aromatic rings. The van der Waals surface area contributed by atoms with Crippen molar-refractivity contribution in [2.24, 2.45) is 0 Å².